The van der Waals surface area contributed by atoms with E-state index in [0.717, 1.165) is 12.3 Å². The number of amides is 1. The van der Waals surface area contributed by atoms with Crippen molar-refractivity contribution in [2.45, 2.75) is 17.3 Å². The van der Waals surface area contributed by atoms with E-state index < -0.39 is 38.8 Å². The van der Waals surface area contributed by atoms with Gasteiger partial charge in [0.25, 0.3) is 5.91 Å². The zero-order valence-electron chi connectivity index (χ0n) is 12.1. The fourth-order valence-electron chi connectivity index (χ4n) is 1.67. The highest BCUT2D eigenvalue weighted by Crippen LogP contribution is 2.33. The van der Waals surface area contributed by atoms with Crippen molar-refractivity contribution in [2.75, 3.05) is 11.1 Å². The molecule has 1 heterocycles. The zero-order valence-corrected chi connectivity index (χ0v) is 13.7. The van der Waals surface area contributed by atoms with Crippen molar-refractivity contribution in [2.24, 2.45) is 0 Å². The minimum atomic E-state index is -4.65. The first-order valence-corrected chi connectivity index (χ1v) is 8.91. The van der Waals surface area contributed by atoms with Gasteiger partial charge in [0.05, 0.1) is 23.1 Å². The van der Waals surface area contributed by atoms with Crippen molar-refractivity contribution < 1.29 is 31.5 Å². The van der Waals surface area contributed by atoms with E-state index in [0.29, 0.717) is 23.5 Å². The minimum Gasteiger partial charge on any atom is -0.507 e. The third kappa shape index (κ3) is 3.85. The Kier molecular flexibility index (Phi) is 4.85. The van der Waals surface area contributed by atoms with Gasteiger partial charge in [-0.2, -0.15) is 13.2 Å². The molecule has 11 heteroatoms. The van der Waals surface area contributed by atoms with E-state index in [1.54, 1.807) is 0 Å². The molecule has 0 unspecified atom stereocenters. The summed E-state index contributed by atoms with van der Waals surface area (Å²) in [6.45, 7) is 1.45. The lowest BCUT2D eigenvalue weighted by molar-refractivity contribution is -0.137. The molecule has 130 valence electrons. The number of phenols is 1. The number of benzene rings is 1. The number of anilines is 1. The summed E-state index contributed by atoms with van der Waals surface area (Å²) in [7, 11) is -3.48. The Labute approximate surface area is 138 Å². The number of carbonyl (C=O) groups excluding carboxylic acids is 1. The van der Waals surface area contributed by atoms with Gasteiger partial charge in [-0.05, 0) is 18.2 Å². The van der Waals surface area contributed by atoms with Gasteiger partial charge in [0.2, 0.25) is 0 Å². The molecule has 0 radical (unpaired) electrons. The molecule has 0 saturated heterocycles. The van der Waals surface area contributed by atoms with Crippen molar-refractivity contribution >= 4 is 32.2 Å². The van der Waals surface area contributed by atoms with E-state index in [-0.39, 0.29) is 15.1 Å². The highest BCUT2D eigenvalue weighted by atomic mass is 32.2. The Bertz CT molecular complexity index is 876. The zero-order chi connectivity index (χ0) is 18.1. The number of carbonyl (C=O) groups is 1. The summed E-state index contributed by atoms with van der Waals surface area (Å²) in [5.41, 5.74) is -1.49. The van der Waals surface area contributed by atoms with Crippen LogP contribution < -0.4 is 5.32 Å². The second kappa shape index (κ2) is 6.40. The van der Waals surface area contributed by atoms with Gasteiger partial charge >= 0.3 is 6.18 Å². The molecular formula is C13H11F3N2O4S2. The normalized spacial score (nSPS) is 12.2. The standard InChI is InChI=1S/C13H11F3N2O4S2/c1-2-24(21,22)10-6-17-12(23-10)18-11(20)8-4-3-7(5-9(8)19)13(14,15)16/h3-6,19H,2H2,1H3,(H,17,18,20). The molecule has 0 atom stereocenters. The van der Waals surface area contributed by atoms with Crippen LogP contribution >= 0.6 is 11.3 Å². The number of nitrogens with zero attached hydrogens (tertiary/aromatic N) is 1. The summed E-state index contributed by atoms with van der Waals surface area (Å²) in [5.74, 6) is -1.89. The van der Waals surface area contributed by atoms with Crippen LogP contribution in [0.3, 0.4) is 0 Å². The number of hydrogen-bond acceptors (Lipinski definition) is 6. The lowest BCUT2D eigenvalue weighted by Gasteiger charge is -2.09. The Morgan fingerprint density at radius 1 is 1.38 bits per heavy atom. The Morgan fingerprint density at radius 3 is 2.58 bits per heavy atom. The second-order valence-corrected chi connectivity index (χ2v) is 8.11. The maximum atomic E-state index is 12.5. The van der Waals surface area contributed by atoms with Gasteiger partial charge in [0.1, 0.15) is 9.96 Å². The van der Waals surface area contributed by atoms with Gasteiger partial charge in [-0.15, -0.1) is 0 Å². The lowest BCUT2D eigenvalue weighted by atomic mass is 10.1. The summed E-state index contributed by atoms with van der Waals surface area (Å²) in [6.07, 6.45) is -3.57. The number of aromatic hydroxyl groups is 1. The Hall–Kier alpha value is -2.14. The summed E-state index contributed by atoms with van der Waals surface area (Å²) in [4.78, 5) is 15.7. The summed E-state index contributed by atoms with van der Waals surface area (Å²) < 4.78 is 60.8. The Morgan fingerprint density at radius 2 is 2.04 bits per heavy atom. The van der Waals surface area contributed by atoms with E-state index in [4.69, 9.17) is 0 Å². The average Bonchev–Trinajstić information content (AvgIpc) is 2.95. The molecule has 0 saturated carbocycles. The molecule has 24 heavy (non-hydrogen) atoms. The van der Waals surface area contributed by atoms with Gasteiger partial charge in [-0.1, -0.05) is 18.3 Å². The van der Waals surface area contributed by atoms with Crippen LogP contribution in [-0.4, -0.2) is 30.2 Å². The maximum absolute atomic E-state index is 12.5. The first-order valence-electron chi connectivity index (χ1n) is 6.44. The molecule has 2 aromatic rings. The molecular weight excluding hydrogens is 369 g/mol. The van der Waals surface area contributed by atoms with Gasteiger partial charge < -0.3 is 5.11 Å². The monoisotopic (exact) mass is 380 g/mol. The third-order valence-corrected chi connectivity index (χ3v) is 6.16. The van der Waals surface area contributed by atoms with E-state index in [1.807, 2.05) is 0 Å². The van der Waals surface area contributed by atoms with Gasteiger partial charge in [0.15, 0.2) is 15.0 Å². The molecule has 0 bridgehead atoms. The third-order valence-electron chi connectivity index (χ3n) is 2.96. The molecule has 1 amide bonds. The highest BCUT2D eigenvalue weighted by Gasteiger charge is 2.31. The largest absolute Gasteiger partial charge is 0.507 e. The van der Waals surface area contributed by atoms with Crippen molar-refractivity contribution in [3.63, 3.8) is 0 Å². The first kappa shape index (κ1) is 18.2. The smallest absolute Gasteiger partial charge is 0.416 e. The quantitative estimate of drug-likeness (QED) is 0.850. The predicted molar refractivity (Wildman–Crippen MR) is 80.9 cm³/mol. The van der Waals surface area contributed by atoms with Gasteiger partial charge in [-0.3, -0.25) is 10.1 Å². The van der Waals surface area contributed by atoms with Crippen molar-refractivity contribution in [3.05, 3.63) is 35.5 Å². The van der Waals surface area contributed by atoms with Crippen LogP contribution in [0.5, 0.6) is 5.75 Å². The average molecular weight is 380 g/mol. The lowest BCUT2D eigenvalue weighted by Crippen LogP contribution is -2.13. The van der Waals surface area contributed by atoms with Gasteiger partial charge in [-0.25, -0.2) is 13.4 Å². The summed E-state index contributed by atoms with van der Waals surface area (Å²) in [6, 6.07) is 1.91. The van der Waals surface area contributed by atoms with Crippen LogP contribution in [0.2, 0.25) is 0 Å². The SMILES string of the molecule is CCS(=O)(=O)c1cnc(NC(=O)c2ccc(C(F)(F)F)cc2O)s1. The fourth-order valence-corrected chi connectivity index (χ4v) is 3.81. The summed E-state index contributed by atoms with van der Waals surface area (Å²) in [5, 5.41) is 11.8. The van der Waals surface area contributed by atoms with Crippen LogP contribution in [0.4, 0.5) is 18.3 Å². The molecule has 0 fully saturated rings. The van der Waals surface area contributed by atoms with Crippen LogP contribution in [0.15, 0.2) is 28.6 Å². The van der Waals surface area contributed by atoms with Gasteiger partial charge in [0, 0.05) is 0 Å². The number of sulfone groups is 1. The molecule has 0 spiro atoms. The van der Waals surface area contributed by atoms with Crippen molar-refractivity contribution in [1.82, 2.24) is 4.98 Å². The van der Waals surface area contributed by atoms with E-state index in [2.05, 4.69) is 10.3 Å². The van der Waals surface area contributed by atoms with E-state index in [9.17, 15) is 31.5 Å². The number of halogens is 3. The highest BCUT2D eigenvalue weighted by molar-refractivity contribution is 7.93. The predicted octanol–water partition coefficient (Wildman–Crippen LogP) is 2.91. The second-order valence-electron chi connectivity index (χ2n) is 4.57. The van der Waals surface area contributed by atoms with Crippen LogP contribution in [0.25, 0.3) is 0 Å². The number of thiazole rings is 1. The topological polar surface area (TPSA) is 96.4 Å². The molecule has 2 rings (SSSR count). The number of alkyl halides is 3. The Balaban J connectivity index is 2.22. The maximum Gasteiger partial charge on any atom is 0.416 e. The number of hydrogen-bond donors (Lipinski definition) is 2. The molecule has 2 N–H and O–H groups in total. The number of aromatic nitrogens is 1. The molecule has 6 nitrogen and oxygen atoms in total. The van der Waals surface area contributed by atoms with E-state index in [1.165, 1.54) is 6.92 Å². The number of nitrogens with one attached hydrogen (secondary N) is 1. The van der Waals surface area contributed by atoms with Crippen LogP contribution in [0, 0.1) is 0 Å². The molecule has 1 aromatic heterocycles. The van der Waals surface area contributed by atoms with E-state index >= 15 is 0 Å². The molecule has 0 aliphatic heterocycles. The molecule has 0 aliphatic rings. The number of phenolic OH excluding ortho intramolecular Hbond substituents is 1. The minimum absolute atomic E-state index is 0.0445. The first-order chi connectivity index (χ1) is 11.0. The number of rotatable bonds is 4. The van der Waals surface area contributed by atoms with Crippen LogP contribution in [0.1, 0.15) is 22.8 Å². The van der Waals surface area contributed by atoms with Crippen molar-refractivity contribution in [3.8, 4) is 5.75 Å². The molecule has 0 aliphatic carbocycles. The summed E-state index contributed by atoms with van der Waals surface area (Å²) >= 11 is 0.708. The van der Waals surface area contributed by atoms with Crippen molar-refractivity contribution in [1.29, 1.82) is 0 Å². The van der Waals surface area contributed by atoms with Crippen LogP contribution in [-0.2, 0) is 16.0 Å². The molecule has 1 aromatic carbocycles. The fraction of sp³-hybridized carbons (Fsp3) is 0.231.